The first-order valence-corrected chi connectivity index (χ1v) is 6.45. The van der Waals surface area contributed by atoms with Crippen LogP contribution in [0.5, 0.6) is 0 Å². The van der Waals surface area contributed by atoms with Crippen LogP contribution < -0.4 is 10.0 Å². The molecule has 2 N–H and O–H groups in total. The number of likely N-dealkylation sites (N-methyl/N-ethyl adjacent to an activating group) is 1. The SMILES string of the molecule is CNCCNS(=O)(=O)c1ccc([N+](=O)[O-])c(F)c1. The molecule has 0 aliphatic rings. The first-order chi connectivity index (χ1) is 8.38. The average Bonchev–Trinajstić information content (AvgIpc) is 2.28. The van der Waals surface area contributed by atoms with E-state index in [1.165, 1.54) is 0 Å². The molecule has 0 fully saturated rings. The number of nitro benzene ring substituents is 1. The summed E-state index contributed by atoms with van der Waals surface area (Å²) >= 11 is 0. The lowest BCUT2D eigenvalue weighted by atomic mass is 10.3. The fourth-order valence-corrected chi connectivity index (χ4v) is 2.24. The van der Waals surface area contributed by atoms with E-state index < -0.39 is 26.5 Å². The highest BCUT2D eigenvalue weighted by molar-refractivity contribution is 7.89. The van der Waals surface area contributed by atoms with Crippen molar-refractivity contribution in [2.45, 2.75) is 4.90 Å². The summed E-state index contributed by atoms with van der Waals surface area (Å²) in [6.07, 6.45) is 0. The van der Waals surface area contributed by atoms with E-state index in [-0.39, 0.29) is 11.4 Å². The highest BCUT2D eigenvalue weighted by atomic mass is 32.2. The second-order valence-electron chi connectivity index (χ2n) is 3.37. The van der Waals surface area contributed by atoms with Crippen LogP contribution in [0.3, 0.4) is 0 Å². The number of nitro groups is 1. The maximum Gasteiger partial charge on any atom is 0.304 e. The first-order valence-electron chi connectivity index (χ1n) is 4.96. The molecule has 0 aliphatic heterocycles. The maximum absolute atomic E-state index is 13.3. The molecule has 0 aromatic heterocycles. The van der Waals surface area contributed by atoms with Gasteiger partial charge < -0.3 is 5.32 Å². The van der Waals surface area contributed by atoms with Crippen LogP contribution in [0.2, 0.25) is 0 Å². The van der Waals surface area contributed by atoms with E-state index in [4.69, 9.17) is 0 Å². The van der Waals surface area contributed by atoms with E-state index in [1.54, 1.807) is 7.05 Å². The number of sulfonamides is 1. The van der Waals surface area contributed by atoms with Crippen molar-refractivity contribution < 1.29 is 17.7 Å². The summed E-state index contributed by atoms with van der Waals surface area (Å²) in [5.41, 5.74) is -0.760. The van der Waals surface area contributed by atoms with Gasteiger partial charge in [-0.05, 0) is 13.1 Å². The molecule has 0 unspecified atom stereocenters. The number of rotatable bonds is 6. The highest BCUT2D eigenvalue weighted by Crippen LogP contribution is 2.20. The minimum absolute atomic E-state index is 0.136. The summed E-state index contributed by atoms with van der Waals surface area (Å²) in [5.74, 6) is -1.18. The van der Waals surface area contributed by atoms with E-state index in [2.05, 4.69) is 10.0 Å². The minimum atomic E-state index is -3.85. The van der Waals surface area contributed by atoms with Crippen LogP contribution in [0.4, 0.5) is 10.1 Å². The molecule has 1 aromatic rings. The molecule has 18 heavy (non-hydrogen) atoms. The van der Waals surface area contributed by atoms with E-state index in [0.717, 1.165) is 12.1 Å². The van der Waals surface area contributed by atoms with Gasteiger partial charge in [-0.15, -0.1) is 0 Å². The third-order valence-electron chi connectivity index (χ3n) is 2.09. The lowest BCUT2D eigenvalue weighted by Crippen LogP contribution is -2.30. The Bertz CT molecular complexity index is 547. The Balaban J connectivity index is 2.97. The van der Waals surface area contributed by atoms with Crippen LogP contribution in [-0.4, -0.2) is 33.5 Å². The zero-order chi connectivity index (χ0) is 13.8. The molecule has 1 rings (SSSR count). The molecule has 0 aliphatic carbocycles. The fourth-order valence-electron chi connectivity index (χ4n) is 1.20. The molecular formula is C9H12FN3O4S. The molecule has 0 amide bonds. The predicted molar refractivity (Wildman–Crippen MR) is 62.2 cm³/mol. The summed E-state index contributed by atoms with van der Waals surface area (Å²) in [6, 6.07) is 2.44. The number of nitrogens with zero attached hydrogens (tertiary/aromatic N) is 1. The monoisotopic (exact) mass is 277 g/mol. The molecule has 0 spiro atoms. The summed E-state index contributed by atoms with van der Waals surface area (Å²) < 4.78 is 38.8. The highest BCUT2D eigenvalue weighted by Gasteiger charge is 2.20. The second-order valence-corrected chi connectivity index (χ2v) is 5.14. The van der Waals surface area contributed by atoms with Gasteiger partial charge in [0.2, 0.25) is 15.8 Å². The zero-order valence-corrected chi connectivity index (χ0v) is 10.3. The molecule has 0 radical (unpaired) electrons. The van der Waals surface area contributed by atoms with E-state index in [0.29, 0.717) is 12.6 Å². The van der Waals surface area contributed by atoms with Crippen molar-refractivity contribution in [1.29, 1.82) is 0 Å². The summed E-state index contributed by atoms with van der Waals surface area (Å²) in [5, 5.41) is 13.1. The quantitative estimate of drug-likeness (QED) is 0.440. The molecule has 0 saturated carbocycles. The largest absolute Gasteiger partial charge is 0.318 e. The van der Waals surface area contributed by atoms with Crippen molar-refractivity contribution >= 4 is 15.7 Å². The van der Waals surface area contributed by atoms with E-state index in [9.17, 15) is 22.9 Å². The Morgan fingerprint density at radius 1 is 1.39 bits per heavy atom. The van der Waals surface area contributed by atoms with Crippen molar-refractivity contribution in [3.8, 4) is 0 Å². The van der Waals surface area contributed by atoms with Gasteiger partial charge in [0.05, 0.1) is 9.82 Å². The van der Waals surface area contributed by atoms with Crippen molar-refractivity contribution in [2.75, 3.05) is 20.1 Å². The molecule has 0 atom stereocenters. The van der Waals surface area contributed by atoms with Crippen LogP contribution in [0, 0.1) is 15.9 Å². The van der Waals surface area contributed by atoms with E-state index in [1.807, 2.05) is 0 Å². The molecular weight excluding hydrogens is 265 g/mol. The van der Waals surface area contributed by atoms with Crippen molar-refractivity contribution in [2.24, 2.45) is 0 Å². The number of hydrogen-bond donors (Lipinski definition) is 2. The number of halogens is 1. The molecule has 0 saturated heterocycles. The van der Waals surface area contributed by atoms with Gasteiger partial charge in [0.1, 0.15) is 0 Å². The molecule has 0 bridgehead atoms. The predicted octanol–water partition coefficient (Wildman–Crippen LogP) is 0.232. The Hall–Kier alpha value is -1.58. The van der Waals surface area contributed by atoms with Gasteiger partial charge in [0.25, 0.3) is 0 Å². The Kier molecular flexibility index (Phi) is 4.70. The lowest BCUT2D eigenvalue weighted by Gasteiger charge is -2.06. The average molecular weight is 277 g/mol. The van der Waals surface area contributed by atoms with Gasteiger partial charge in [-0.2, -0.15) is 4.39 Å². The number of benzene rings is 1. The van der Waals surface area contributed by atoms with Crippen molar-refractivity contribution in [3.05, 3.63) is 34.1 Å². The summed E-state index contributed by atoms with van der Waals surface area (Å²) in [7, 11) is -2.20. The van der Waals surface area contributed by atoms with Crippen LogP contribution in [0.1, 0.15) is 0 Å². The second kappa shape index (κ2) is 5.85. The third-order valence-corrected chi connectivity index (χ3v) is 3.55. The number of hydrogen-bond acceptors (Lipinski definition) is 5. The first kappa shape index (κ1) is 14.5. The fraction of sp³-hybridized carbons (Fsp3) is 0.333. The van der Waals surface area contributed by atoms with Gasteiger partial charge in [-0.25, -0.2) is 13.1 Å². The van der Waals surface area contributed by atoms with Gasteiger partial charge >= 0.3 is 5.69 Å². The van der Waals surface area contributed by atoms with Crippen LogP contribution in [0.25, 0.3) is 0 Å². The normalized spacial score (nSPS) is 11.4. The molecule has 1 aromatic carbocycles. The van der Waals surface area contributed by atoms with Crippen LogP contribution >= 0.6 is 0 Å². The molecule has 9 heteroatoms. The van der Waals surface area contributed by atoms with Gasteiger partial charge in [-0.1, -0.05) is 0 Å². The molecule has 7 nitrogen and oxygen atoms in total. The Morgan fingerprint density at radius 3 is 2.56 bits per heavy atom. The van der Waals surface area contributed by atoms with Crippen LogP contribution in [-0.2, 0) is 10.0 Å². The van der Waals surface area contributed by atoms with E-state index >= 15 is 0 Å². The summed E-state index contributed by atoms with van der Waals surface area (Å²) in [6.45, 7) is 0.548. The standard InChI is InChI=1S/C9H12FN3O4S/c1-11-4-5-12-18(16,17)7-2-3-9(13(14)15)8(10)6-7/h2-3,6,11-12H,4-5H2,1H3. The zero-order valence-electron chi connectivity index (χ0n) is 9.51. The lowest BCUT2D eigenvalue weighted by molar-refractivity contribution is -0.387. The smallest absolute Gasteiger partial charge is 0.304 e. The molecule has 100 valence electrons. The van der Waals surface area contributed by atoms with Gasteiger partial charge in [-0.3, -0.25) is 10.1 Å². The Labute approximate surface area is 103 Å². The molecule has 0 heterocycles. The topological polar surface area (TPSA) is 101 Å². The van der Waals surface area contributed by atoms with Crippen molar-refractivity contribution in [1.82, 2.24) is 10.0 Å². The van der Waals surface area contributed by atoms with Crippen molar-refractivity contribution in [3.63, 3.8) is 0 Å². The third kappa shape index (κ3) is 3.45. The minimum Gasteiger partial charge on any atom is -0.318 e. The maximum atomic E-state index is 13.3. The number of nitrogens with one attached hydrogen (secondary N) is 2. The Morgan fingerprint density at radius 2 is 2.06 bits per heavy atom. The van der Waals surface area contributed by atoms with Crippen LogP contribution in [0.15, 0.2) is 23.1 Å². The van der Waals surface area contributed by atoms with Gasteiger partial charge in [0, 0.05) is 25.2 Å². The van der Waals surface area contributed by atoms with Gasteiger partial charge in [0.15, 0.2) is 0 Å². The summed E-state index contributed by atoms with van der Waals surface area (Å²) in [4.78, 5) is 9.12.